The molecule has 1 unspecified atom stereocenters. The molecule has 0 fully saturated rings. The molecule has 11 heavy (non-hydrogen) atoms. The lowest BCUT2D eigenvalue weighted by atomic mass is 9.93. The highest BCUT2D eigenvalue weighted by molar-refractivity contribution is 9.09. The van der Waals surface area contributed by atoms with Crippen LogP contribution in [-0.2, 0) is 0 Å². The van der Waals surface area contributed by atoms with Crippen LogP contribution >= 0.6 is 15.9 Å². The van der Waals surface area contributed by atoms with Crippen molar-refractivity contribution >= 4 is 15.9 Å². The lowest BCUT2D eigenvalue weighted by molar-refractivity contribution is 0.393. The molecule has 0 rings (SSSR count). The molecular formula is C10H19Br. The first-order valence-corrected chi connectivity index (χ1v) is 5.51. The molecule has 0 saturated heterocycles. The van der Waals surface area contributed by atoms with Gasteiger partial charge in [0.1, 0.15) is 0 Å². The molecule has 0 aromatic rings. The minimum atomic E-state index is 0.805. The minimum absolute atomic E-state index is 0.805. The van der Waals surface area contributed by atoms with E-state index in [0.717, 1.165) is 23.6 Å². The monoisotopic (exact) mass is 218 g/mol. The first-order valence-electron chi connectivity index (χ1n) is 4.39. The van der Waals surface area contributed by atoms with Crippen LogP contribution in [0.15, 0.2) is 12.7 Å². The maximum absolute atomic E-state index is 3.72. The Morgan fingerprint density at radius 3 is 2.45 bits per heavy atom. The van der Waals surface area contributed by atoms with Crippen LogP contribution in [0, 0.1) is 11.8 Å². The molecule has 0 aliphatic rings. The zero-order valence-electron chi connectivity index (χ0n) is 7.65. The van der Waals surface area contributed by atoms with Crippen molar-refractivity contribution < 1.29 is 0 Å². The van der Waals surface area contributed by atoms with Crippen molar-refractivity contribution in [2.24, 2.45) is 11.8 Å². The molecule has 0 aliphatic heterocycles. The van der Waals surface area contributed by atoms with Gasteiger partial charge in [0.05, 0.1) is 0 Å². The highest BCUT2D eigenvalue weighted by Crippen LogP contribution is 2.20. The molecule has 1 atom stereocenters. The summed E-state index contributed by atoms with van der Waals surface area (Å²) in [7, 11) is 0. The van der Waals surface area contributed by atoms with E-state index in [4.69, 9.17) is 0 Å². The van der Waals surface area contributed by atoms with E-state index < -0.39 is 0 Å². The zero-order chi connectivity index (χ0) is 8.69. The number of allylic oxidation sites excluding steroid dienone is 1. The van der Waals surface area contributed by atoms with Crippen molar-refractivity contribution in [1.29, 1.82) is 0 Å². The van der Waals surface area contributed by atoms with Gasteiger partial charge < -0.3 is 0 Å². The van der Waals surface area contributed by atoms with Crippen molar-refractivity contribution in [3.63, 3.8) is 0 Å². The number of hydrogen-bond donors (Lipinski definition) is 0. The van der Waals surface area contributed by atoms with Crippen LogP contribution in [0.4, 0.5) is 0 Å². The summed E-state index contributed by atoms with van der Waals surface area (Å²) in [6.45, 7) is 8.30. The quantitative estimate of drug-likeness (QED) is 0.359. The van der Waals surface area contributed by atoms with Gasteiger partial charge in [-0.05, 0) is 31.1 Å². The van der Waals surface area contributed by atoms with Crippen molar-refractivity contribution in [2.75, 3.05) is 5.33 Å². The summed E-state index contributed by atoms with van der Waals surface area (Å²) in [5, 5.41) is 1.14. The summed E-state index contributed by atoms with van der Waals surface area (Å²) < 4.78 is 0. The van der Waals surface area contributed by atoms with Gasteiger partial charge in [0, 0.05) is 5.33 Å². The molecule has 0 N–H and O–H groups in total. The number of halogens is 1. The molecular weight excluding hydrogens is 200 g/mol. The van der Waals surface area contributed by atoms with Crippen molar-refractivity contribution in [2.45, 2.75) is 33.1 Å². The van der Waals surface area contributed by atoms with Crippen LogP contribution in [0.2, 0.25) is 0 Å². The summed E-state index contributed by atoms with van der Waals surface area (Å²) in [5.41, 5.74) is 0. The largest absolute Gasteiger partial charge is 0.103 e. The Morgan fingerprint density at radius 1 is 1.45 bits per heavy atom. The second-order valence-electron chi connectivity index (χ2n) is 3.38. The van der Waals surface area contributed by atoms with E-state index in [9.17, 15) is 0 Å². The van der Waals surface area contributed by atoms with Gasteiger partial charge in [0.25, 0.3) is 0 Å². The number of unbranched alkanes of at least 4 members (excludes halogenated alkanes) is 1. The normalized spacial score (nSPS) is 13.5. The maximum atomic E-state index is 3.72. The van der Waals surface area contributed by atoms with E-state index in [-0.39, 0.29) is 0 Å². The molecule has 0 saturated carbocycles. The molecule has 0 aromatic heterocycles. The number of alkyl halides is 1. The SMILES string of the molecule is C=CCCCC(CBr)C(C)C. The van der Waals surface area contributed by atoms with Crippen LogP contribution in [-0.4, -0.2) is 5.33 Å². The molecule has 0 amide bonds. The Labute approximate surface area is 79.2 Å². The summed E-state index contributed by atoms with van der Waals surface area (Å²) in [6.07, 6.45) is 5.79. The second kappa shape index (κ2) is 6.90. The molecule has 1 heteroatoms. The van der Waals surface area contributed by atoms with Crippen LogP contribution in [0.1, 0.15) is 33.1 Å². The van der Waals surface area contributed by atoms with Crippen molar-refractivity contribution in [1.82, 2.24) is 0 Å². The number of hydrogen-bond acceptors (Lipinski definition) is 0. The Morgan fingerprint density at radius 2 is 2.09 bits per heavy atom. The predicted octanol–water partition coefficient (Wildman–Crippen LogP) is 4.01. The summed E-state index contributed by atoms with van der Waals surface area (Å²) in [6, 6.07) is 0. The van der Waals surface area contributed by atoms with Crippen LogP contribution in [0.25, 0.3) is 0 Å². The average Bonchev–Trinajstić information content (AvgIpc) is 1.97. The third-order valence-electron chi connectivity index (χ3n) is 2.12. The Bertz CT molecular complexity index is 97.0. The maximum Gasteiger partial charge on any atom is 0.00621 e. The fraction of sp³-hybridized carbons (Fsp3) is 0.800. The lowest BCUT2D eigenvalue weighted by Gasteiger charge is -2.17. The van der Waals surface area contributed by atoms with Gasteiger partial charge in [0.2, 0.25) is 0 Å². The fourth-order valence-corrected chi connectivity index (χ4v) is 2.18. The standard InChI is InChI=1S/C10H19Br/c1-4-5-6-7-10(8-11)9(2)3/h4,9-10H,1,5-8H2,2-3H3. The Kier molecular flexibility index (Phi) is 7.04. The van der Waals surface area contributed by atoms with Gasteiger partial charge >= 0.3 is 0 Å². The van der Waals surface area contributed by atoms with Gasteiger partial charge in [-0.25, -0.2) is 0 Å². The molecule has 0 radical (unpaired) electrons. The van der Waals surface area contributed by atoms with E-state index in [0.29, 0.717) is 0 Å². The van der Waals surface area contributed by atoms with Gasteiger partial charge in [-0.2, -0.15) is 0 Å². The highest BCUT2D eigenvalue weighted by Gasteiger charge is 2.10. The molecule has 0 heterocycles. The van der Waals surface area contributed by atoms with E-state index in [1.54, 1.807) is 0 Å². The lowest BCUT2D eigenvalue weighted by Crippen LogP contribution is -2.09. The summed E-state index contributed by atoms with van der Waals surface area (Å²) in [4.78, 5) is 0. The molecule has 0 nitrogen and oxygen atoms in total. The highest BCUT2D eigenvalue weighted by atomic mass is 79.9. The van der Waals surface area contributed by atoms with E-state index in [1.807, 2.05) is 6.08 Å². The van der Waals surface area contributed by atoms with E-state index in [1.165, 1.54) is 12.8 Å². The van der Waals surface area contributed by atoms with Gasteiger partial charge in [-0.15, -0.1) is 6.58 Å². The van der Waals surface area contributed by atoms with Gasteiger partial charge in [0.15, 0.2) is 0 Å². The van der Waals surface area contributed by atoms with Crippen LogP contribution < -0.4 is 0 Å². The number of rotatable bonds is 6. The molecule has 0 spiro atoms. The average molecular weight is 219 g/mol. The Hall–Kier alpha value is 0.220. The molecule has 0 aromatic carbocycles. The van der Waals surface area contributed by atoms with Gasteiger partial charge in [-0.1, -0.05) is 35.9 Å². The first-order chi connectivity index (χ1) is 5.22. The third-order valence-corrected chi connectivity index (χ3v) is 2.96. The zero-order valence-corrected chi connectivity index (χ0v) is 9.23. The molecule has 66 valence electrons. The molecule has 0 bridgehead atoms. The second-order valence-corrected chi connectivity index (χ2v) is 4.03. The van der Waals surface area contributed by atoms with Gasteiger partial charge in [-0.3, -0.25) is 0 Å². The van der Waals surface area contributed by atoms with Crippen LogP contribution in [0.3, 0.4) is 0 Å². The minimum Gasteiger partial charge on any atom is -0.103 e. The topological polar surface area (TPSA) is 0 Å². The summed E-state index contributed by atoms with van der Waals surface area (Å²) >= 11 is 3.54. The van der Waals surface area contributed by atoms with Crippen molar-refractivity contribution in [3.8, 4) is 0 Å². The predicted molar refractivity (Wildman–Crippen MR) is 56.2 cm³/mol. The Balaban J connectivity index is 3.43. The first kappa shape index (κ1) is 11.2. The van der Waals surface area contributed by atoms with E-state index >= 15 is 0 Å². The smallest absolute Gasteiger partial charge is 0.00621 e. The summed E-state index contributed by atoms with van der Waals surface area (Å²) in [5.74, 6) is 1.65. The van der Waals surface area contributed by atoms with E-state index in [2.05, 4.69) is 36.4 Å². The fourth-order valence-electron chi connectivity index (χ4n) is 1.11. The van der Waals surface area contributed by atoms with Crippen molar-refractivity contribution in [3.05, 3.63) is 12.7 Å². The molecule has 0 aliphatic carbocycles. The third kappa shape index (κ3) is 5.49. The van der Waals surface area contributed by atoms with Crippen LogP contribution in [0.5, 0.6) is 0 Å².